The maximum absolute atomic E-state index is 11.8. The zero-order valence-electron chi connectivity index (χ0n) is 17.1. The van der Waals surface area contributed by atoms with E-state index in [9.17, 15) is 14.4 Å². The van der Waals surface area contributed by atoms with Gasteiger partial charge < -0.3 is 20.7 Å². The van der Waals surface area contributed by atoms with Crippen LogP contribution in [0.25, 0.3) is 6.08 Å². The molecular weight excluding hydrogens is 358 g/mol. The summed E-state index contributed by atoms with van der Waals surface area (Å²) in [6.07, 6.45) is 3.54. The molecule has 1 aromatic carbocycles. The predicted octanol–water partition coefficient (Wildman–Crippen LogP) is 2.55. The summed E-state index contributed by atoms with van der Waals surface area (Å²) in [5.74, 6) is -0.335. The molecule has 0 spiro atoms. The Labute approximate surface area is 166 Å². The number of ether oxygens (including phenoxy) is 1. The average molecular weight is 389 g/mol. The first-order valence-electron chi connectivity index (χ1n) is 9.42. The number of amides is 3. The number of benzene rings is 1. The van der Waals surface area contributed by atoms with Gasteiger partial charge in [-0.3, -0.25) is 9.59 Å². The van der Waals surface area contributed by atoms with Crippen molar-refractivity contribution in [2.24, 2.45) is 0 Å². The number of rotatable bonds is 9. The first kappa shape index (κ1) is 23.2. The molecule has 0 saturated heterocycles. The van der Waals surface area contributed by atoms with Gasteiger partial charge in [-0.2, -0.15) is 0 Å². The summed E-state index contributed by atoms with van der Waals surface area (Å²) < 4.78 is 5.08. The van der Waals surface area contributed by atoms with Crippen molar-refractivity contribution in [2.45, 2.75) is 46.1 Å². The van der Waals surface area contributed by atoms with Gasteiger partial charge in [0.15, 0.2) is 0 Å². The quantitative estimate of drug-likeness (QED) is 0.447. The third-order valence-electron chi connectivity index (χ3n) is 3.60. The summed E-state index contributed by atoms with van der Waals surface area (Å²) in [6.45, 7) is 8.44. The number of hydrogen-bond acceptors (Lipinski definition) is 4. The van der Waals surface area contributed by atoms with Crippen molar-refractivity contribution in [3.05, 3.63) is 41.5 Å². The maximum Gasteiger partial charge on any atom is 0.407 e. The van der Waals surface area contributed by atoms with Gasteiger partial charge in [-0.25, -0.2) is 4.79 Å². The van der Waals surface area contributed by atoms with Crippen molar-refractivity contribution in [3.63, 3.8) is 0 Å². The highest BCUT2D eigenvalue weighted by molar-refractivity contribution is 5.91. The number of carbonyl (C=O) groups is 3. The van der Waals surface area contributed by atoms with Gasteiger partial charge in [-0.1, -0.05) is 24.3 Å². The molecule has 3 N–H and O–H groups in total. The van der Waals surface area contributed by atoms with Crippen LogP contribution in [0, 0.1) is 6.92 Å². The Morgan fingerprint density at radius 3 is 2.36 bits per heavy atom. The van der Waals surface area contributed by atoms with Crippen molar-refractivity contribution >= 4 is 24.0 Å². The minimum Gasteiger partial charge on any atom is -0.444 e. The number of nitrogens with one attached hydrogen (secondary N) is 3. The molecule has 0 aromatic heterocycles. The van der Waals surface area contributed by atoms with E-state index in [1.165, 1.54) is 6.08 Å². The maximum atomic E-state index is 11.8. The van der Waals surface area contributed by atoms with Crippen LogP contribution in [0.1, 0.15) is 44.7 Å². The van der Waals surface area contributed by atoms with E-state index >= 15 is 0 Å². The SMILES string of the molecule is Cc1ccccc1/C=C/C(=O)NCCCNC(=O)CCNC(=O)OC(C)(C)C. The summed E-state index contributed by atoms with van der Waals surface area (Å²) in [5.41, 5.74) is 1.55. The Morgan fingerprint density at radius 1 is 1.00 bits per heavy atom. The van der Waals surface area contributed by atoms with Crippen LogP contribution in [-0.2, 0) is 14.3 Å². The Balaban J connectivity index is 2.10. The lowest BCUT2D eigenvalue weighted by Gasteiger charge is -2.19. The Bertz CT molecular complexity index is 693. The summed E-state index contributed by atoms with van der Waals surface area (Å²) in [5, 5.41) is 8.05. The topological polar surface area (TPSA) is 96.5 Å². The molecular formula is C21H31N3O4. The summed E-state index contributed by atoms with van der Waals surface area (Å²) >= 11 is 0. The summed E-state index contributed by atoms with van der Waals surface area (Å²) in [7, 11) is 0. The van der Waals surface area contributed by atoms with E-state index in [2.05, 4.69) is 16.0 Å². The van der Waals surface area contributed by atoms with E-state index < -0.39 is 11.7 Å². The molecule has 0 aliphatic carbocycles. The van der Waals surface area contributed by atoms with Gasteiger partial charge in [0.2, 0.25) is 11.8 Å². The highest BCUT2D eigenvalue weighted by Gasteiger charge is 2.15. The van der Waals surface area contributed by atoms with Gasteiger partial charge in [0.25, 0.3) is 0 Å². The first-order chi connectivity index (χ1) is 13.2. The van der Waals surface area contributed by atoms with E-state index in [1.807, 2.05) is 31.2 Å². The Hall–Kier alpha value is -2.83. The van der Waals surface area contributed by atoms with Crippen molar-refractivity contribution in [2.75, 3.05) is 19.6 Å². The zero-order chi connectivity index (χ0) is 21.0. The van der Waals surface area contributed by atoms with E-state index in [4.69, 9.17) is 4.74 Å². The molecule has 0 atom stereocenters. The van der Waals surface area contributed by atoms with Gasteiger partial charge in [0.1, 0.15) is 5.60 Å². The third-order valence-corrected chi connectivity index (χ3v) is 3.60. The number of aryl methyl sites for hydroxylation is 1. The third kappa shape index (κ3) is 11.0. The van der Waals surface area contributed by atoms with Crippen LogP contribution < -0.4 is 16.0 Å². The number of hydrogen-bond donors (Lipinski definition) is 3. The second-order valence-electron chi connectivity index (χ2n) is 7.36. The second kappa shape index (κ2) is 11.8. The van der Waals surface area contributed by atoms with Crippen LogP contribution in [0.4, 0.5) is 4.79 Å². The van der Waals surface area contributed by atoms with Gasteiger partial charge >= 0.3 is 6.09 Å². The molecule has 0 aliphatic heterocycles. The fourth-order valence-electron chi connectivity index (χ4n) is 2.21. The molecule has 1 rings (SSSR count). The normalized spacial score (nSPS) is 11.1. The zero-order valence-corrected chi connectivity index (χ0v) is 17.1. The van der Waals surface area contributed by atoms with Gasteiger partial charge in [-0.15, -0.1) is 0 Å². The first-order valence-corrected chi connectivity index (χ1v) is 9.42. The van der Waals surface area contributed by atoms with Crippen molar-refractivity contribution in [1.82, 2.24) is 16.0 Å². The number of carbonyl (C=O) groups excluding carboxylic acids is 3. The van der Waals surface area contributed by atoms with Crippen LogP contribution >= 0.6 is 0 Å². The van der Waals surface area contributed by atoms with E-state index in [0.717, 1.165) is 11.1 Å². The summed E-state index contributed by atoms with van der Waals surface area (Å²) in [6, 6.07) is 7.82. The fraction of sp³-hybridized carbons (Fsp3) is 0.476. The largest absolute Gasteiger partial charge is 0.444 e. The van der Waals surface area contributed by atoms with Gasteiger partial charge in [0, 0.05) is 32.1 Å². The molecule has 0 radical (unpaired) electrons. The molecule has 3 amide bonds. The molecule has 0 bridgehead atoms. The van der Waals surface area contributed by atoms with Crippen molar-refractivity contribution in [3.8, 4) is 0 Å². The van der Waals surface area contributed by atoms with Gasteiger partial charge in [0.05, 0.1) is 0 Å². The average Bonchev–Trinajstić information content (AvgIpc) is 2.59. The Kier molecular flexibility index (Phi) is 9.78. The monoisotopic (exact) mass is 389 g/mol. The molecule has 0 saturated carbocycles. The molecule has 0 aliphatic rings. The van der Waals surface area contributed by atoms with Crippen LogP contribution in [0.15, 0.2) is 30.3 Å². The standard InChI is InChI=1S/C21H31N3O4/c1-16-8-5-6-9-17(16)10-11-18(25)22-13-7-14-23-19(26)12-15-24-20(27)28-21(2,3)4/h5-6,8-11H,7,12-15H2,1-4H3,(H,22,25)(H,23,26)(H,24,27)/b11-10+. The van der Waals surface area contributed by atoms with Crippen LogP contribution in [0.3, 0.4) is 0 Å². The minimum absolute atomic E-state index is 0.165. The highest BCUT2D eigenvalue weighted by atomic mass is 16.6. The lowest BCUT2D eigenvalue weighted by atomic mass is 10.1. The number of alkyl carbamates (subject to hydrolysis) is 1. The molecule has 28 heavy (non-hydrogen) atoms. The molecule has 0 fully saturated rings. The fourth-order valence-corrected chi connectivity index (χ4v) is 2.21. The van der Waals surface area contributed by atoms with E-state index in [-0.39, 0.29) is 24.8 Å². The molecule has 7 nitrogen and oxygen atoms in total. The Morgan fingerprint density at radius 2 is 1.68 bits per heavy atom. The second-order valence-corrected chi connectivity index (χ2v) is 7.36. The molecule has 1 aromatic rings. The summed E-state index contributed by atoms with van der Waals surface area (Å²) in [4.78, 5) is 34.9. The smallest absolute Gasteiger partial charge is 0.407 e. The molecule has 7 heteroatoms. The lowest BCUT2D eigenvalue weighted by Crippen LogP contribution is -2.35. The molecule has 0 heterocycles. The lowest BCUT2D eigenvalue weighted by molar-refractivity contribution is -0.120. The molecule has 0 unspecified atom stereocenters. The van der Waals surface area contributed by atoms with Crippen LogP contribution in [-0.4, -0.2) is 43.1 Å². The van der Waals surface area contributed by atoms with Crippen molar-refractivity contribution in [1.29, 1.82) is 0 Å². The highest BCUT2D eigenvalue weighted by Crippen LogP contribution is 2.08. The van der Waals surface area contributed by atoms with E-state index in [1.54, 1.807) is 26.8 Å². The van der Waals surface area contributed by atoms with Crippen LogP contribution in [0.2, 0.25) is 0 Å². The van der Waals surface area contributed by atoms with E-state index in [0.29, 0.717) is 19.5 Å². The molecule has 154 valence electrons. The van der Waals surface area contributed by atoms with Gasteiger partial charge in [-0.05, 0) is 51.3 Å². The minimum atomic E-state index is -0.564. The van der Waals surface area contributed by atoms with Crippen LogP contribution in [0.5, 0.6) is 0 Å². The van der Waals surface area contributed by atoms with Crippen molar-refractivity contribution < 1.29 is 19.1 Å². The predicted molar refractivity (Wildman–Crippen MR) is 110 cm³/mol.